The van der Waals surface area contributed by atoms with Crippen LogP contribution in [0.15, 0.2) is 12.3 Å². The molecule has 0 aliphatic carbocycles. The molecule has 1 heterocycles. The summed E-state index contributed by atoms with van der Waals surface area (Å²) in [6.45, 7) is 5.45. The van der Waals surface area contributed by atoms with Crippen molar-refractivity contribution >= 4 is 17.6 Å². The highest BCUT2D eigenvalue weighted by Gasteiger charge is 2.20. The number of hydrogen-bond acceptors (Lipinski definition) is 4. The second-order valence-electron chi connectivity index (χ2n) is 4.38. The smallest absolute Gasteiger partial charge is 0.328 e. The third-order valence-electron chi connectivity index (χ3n) is 2.56. The molecule has 1 amide bonds. The number of anilines is 1. The van der Waals surface area contributed by atoms with Crippen molar-refractivity contribution in [3.63, 3.8) is 0 Å². The lowest BCUT2D eigenvalue weighted by Gasteiger charge is -2.15. The van der Waals surface area contributed by atoms with Crippen LogP contribution < -0.4 is 11.1 Å². The zero-order chi connectivity index (χ0) is 13.9. The standard InChI is InChI=1S/C12H19N3O3/c1-7(2)15-6-9(13)5-10(15)11(16)14-8(3)12(17)18-4/h5-8H,13H2,1-4H3,(H,14,16). The highest BCUT2D eigenvalue weighted by atomic mass is 16.5. The number of carbonyl (C=O) groups excluding carboxylic acids is 2. The zero-order valence-electron chi connectivity index (χ0n) is 11.1. The molecule has 0 bridgehead atoms. The van der Waals surface area contributed by atoms with Gasteiger partial charge in [0.2, 0.25) is 0 Å². The second-order valence-corrected chi connectivity index (χ2v) is 4.38. The third kappa shape index (κ3) is 3.03. The lowest BCUT2D eigenvalue weighted by Crippen LogP contribution is -2.40. The first-order chi connectivity index (χ1) is 8.36. The fraction of sp³-hybridized carbons (Fsp3) is 0.500. The van der Waals surface area contributed by atoms with E-state index in [4.69, 9.17) is 5.73 Å². The molecule has 0 aliphatic rings. The van der Waals surface area contributed by atoms with Crippen LogP contribution in [-0.2, 0) is 9.53 Å². The van der Waals surface area contributed by atoms with E-state index in [1.54, 1.807) is 23.8 Å². The highest BCUT2D eigenvalue weighted by Crippen LogP contribution is 2.16. The molecule has 6 nitrogen and oxygen atoms in total. The Balaban J connectivity index is 2.87. The number of nitrogens with zero attached hydrogens (tertiary/aromatic N) is 1. The van der Waals surface area contributed by atoms with Gasteiger partial charge in [-0.1, -0.05) is 0 Å². The van der Waals surface area contributed by atoms with Crippen molar-refractivity contribution in [2.24, 2.45) is 0 Å². The van der Waals surface area contributed by atoms with Crippen LogP contribution in [-0.4, -0.2) is 29.6 Å². The van der Waals surface area contributed by atoms with Gasteiger partial charge in [-0.25, -0.2) is 4.79 Å². The Morgan fingerprint density at radius 3 is 2.50 bits per heavy atom. The summed E-state index contributed by atoms with van der Waals surface area (Å²) in [5.74, 6) is -0.836. The molecule has 0 radical (unpaired) electrons. The van der Waals surface area contributed by atoms with Crippen molar-refractivity contribution in [1.82, 2.24) is 9.88 Å². The second kappa shape index (κ2) is 5.57. The van der Waals surface area contributed by atoms with E-state index in [0.717, 1.165) is 0 Å². The molecule has 0 aliphatic heterocycles. The number of methoxy groups -OCH3 is 1. The van der Waals surface area contributed by atoms with E-state index < -0.39 is 12.0 Å². The van der Waals surface area contributed by atoms with Crippen LogP contribution in [0.4, 0.5) is 5.69 Å². The SMILES string of the molecule is COC(=O)C(C)NC(=O)c1cc(N)cn1C(C)C. The minimum atomic E-state index is -0.695. The molecular weight excluding hydrogens is 234 g/mol. The summed E-state index contributed by atoms with van der Waals surface area (Å²) in [7, 11) is 1.28. The van der Waals surface area contributed by atoms with Gasteiger partial charge in [-0.3, -0.25) is 4.79 Å². The Hall–Kier alpha value is -1.98. The summed E-state index contributed by atoms with van der Waals surface area (Å²) >= 11 is 0. The van der Waals surface area contributed by atoms with Crippen molar-refractivity contribution in [1.29, 1.82) is 0 Å². The number of amides is 1. The van der Waals surface area contributed by atoms with Gasteiger partial charge in [0.15, 0.2) is 0 Å². The molecule has 100 valence electrons. The molecule has 0 fully saturated rings. The van der Waals surface area contributed by atoms with E-state index in [1.807, 2.05) is 13.8 Å². The number of rotatable bonds is 4. The van der Waals surface area contributed by atoms with Gasteiger partial charge >= 0.3 is 5.97 Å². The molecule has 1 unspecified atom stereocenters. The highest BCUT2D eigenvalue weighted by molar-refractivity contribution is 5.96. The van der Waals surface area contributed by atoms with Gasteiger partial charge in [-0.2, -0.15) is 0 Å². The normalized spacial score (nSPS) is 12.3. The minimum Gasteiger partial charge on any atom is -0.467 e. The van der Waals surface area contributed by atoms with Crippen molar-refractivity contribution < 1.29 is 14.3 Å². The Morgan fingerprint density at radius 2 is 2.00 bits per heavy atom. The first kappa shape index (κ1) is 14.1. The topological polar surface area (TPSA) is 86.3 Å². The summed E-state index contributed by atoms with van der Waals surface area (Å²) in [4.78, 5) is 23.3. The van der Waals surface area contributed by atoms with Crippen LogP contribution >= 0.6 is 0 Å². The maximum Gasteiger partial charge on any atom is 0.328 e. The molecule has 18 heavy (non-hydrogen) atoms. The zero-order valence-corrected chi connectivity index (χ0v) is 11.1. The first-order valence-electron chi connectivity index (χ1n) is 5.72. The maximum absolute atomic E-state index is 12.0. The summed E-state index contributed by atoms with van der Waals surface area (Å²) in [5.41, 5.74) is 6.62. The average Bonchev–Trinajstić information content (AvgIpc) is 2.70. The number of nitrogens with one attached hydrogen (secondary N) is 1. The van der Waals surface area contributed by atoms with E-state index in [0.29, 0.717) is 11.4 Å². The summed E-state index contributed by atoms with van der Waals surface area (Å²) in [6, 6.07) is 0.995. The molecule has 1 atom stereocenters. The molecule has 0 saturated carbocycles. The van der Waals surface area contributed by atoms with E-state index >= 15 is 0 Å². The van der Waals surface area contributed by atoms with Gasteiger partial charge in [0, 0.05) is 12.2 Å². The Bertz CT molecular complexity index is 451. The van der Waals surface area contributed by atoms with Gasteiger partial charge in [0.05, 0.1) is 12.8 Å². The molecule has 0 saturated heterocycles. The Morgan fingerprint density at radius 1 is 1.39 bits per heavy atom. The molecule has 1 aromatic heterocycles. The van der Waals surface area contributed by atoms with E-state index in [-0.39, 0.29) is 11.9 Å². The van der Waals surface area contributed by atoms with Crippen LogP contribution in [0.5, 0.6) is 0 Å². The molecule has 0 aromatic carbocycles. The molecule has 1 rings (SSSR count). The molecular formula is C12H19N3O3. The largest absolute Gasteiger partial charge is 0.467 e. The van der Waals surface area contributed by atoms with Crippen LogP contribution in [0.3, 0.4) is 0 Å². The predicted octanol–water partition coefficient (Wildman–Crippen LogP) is 0.942. The molecule has 6 heteroatoms. The van der Waals surface area contributed by atoms with Crippen molar-refractivity contribution in [3.05, 3.63) is 18.0 Å². The van der Waals surface area contributed by atoms with Crippen LogP contribution in [0, 0.1) is 0 Å². The van der Waals surface area contributed by atoms with Gasteiger partial charge in [-0.15, -0.1) is 0 Å². The van der Waals surface area contributed by atoms with Crippen molar-refractivity contribution in [2.75, 3.05) is 12.8 Å². The van der Waals surface area contributed by atoms with Gasteiger partial charge in [0.1, 0.15) is 11.7 Å². The number of nitrogens with two attached hydrogens (primary N) is 1. The van der Waals surface area contributed by atoms with Gasteiger partial charge in [-0.05, 0) is 26.8 Å². The number of carbonyl (C=O) groups is 2. The fourth-order valence-electron chi connectivity index (χ4n) is 1.62. The van der Waals surface area contributed by atoms with Crippen LogP contribution in [0.25, 0.3) is 0 Å². The number of esters is 1. The average molecular weight is 253 g/mol. The maximum atomic E-state index is 12.0. The van der Waals surface area contributed by atoms with E-state index in [9.17, 15) is 9.59 Å². The van der Waals surface area contributed by atoms with Crippen molar-refractivity contribution in [3.8, 4) is 0 Å². The number of aromatic nitrogens is 1. The van der Waals surface area contributed by atoms with Gasteiger partial charge < -0.3 is 20.4 Å². The number of nitrogen functional groups attached to an aromatic ring is 1. The lowest BCUT2D eigenvalue weighted by molar-refractivity contribution is -0.142. The fourth-order valence-corrected chi connectivity index (χ4v) is 1.62. The summed E-state index contributed by atoms with van der Waals surface area (Å²) in [5, 5.41) is 2.57. The molecule has 0 spiro atoms. The minimum absolute atomic E-state index is 0.108. The van der Waals surface area contributed by atoms with Crippen LogP contribution in [0.1, 0.15) is 37.3 Å². The lowest BCUT2D eigenvalue weighted by atomic mass is 10.3. The van der Waals surface area contributed by atoms with E-state index in [1.165, 1.54) is 7.11 Å². The first-order valence-corrected chi connectivity index (χ1v) is 5.72. The van der Waals surface area contributed by atoms with Crippen molar-refractivity contribution in [2.45, 2.75) is 32.9 Å². The summed E-state index contributed by atoms with van der Waals surface area (Å²) < 4.78 is 6.31. The Kier molecular flexibility index (Phi) is 4.36. The van der Waals surface area contributed by atoms with E-state index in [2.05, 4.69) is 10.1 Å². The molecule has 1 aromatic rings. The monoisotopic (exact) mass is 253 g/mol. The predicted molar refractivity (Wildman–Crippen MR) is 68.2 cm³/mol. The van der Waals surface area contributed by atoms with Crippen LogP contribution in [0.2, 0.25) is 0 Å². The Labute approximate surface area is 106 Å². The summed E-state index contributed by atoms with van der Waals surface area (Å²) in [6.07, 6.45) is 1.70. The number of hydrogen-bond donors (Lipinski definition) is 2. The van der Waals surface area contributed by atoms with Gasteiger partial charge in [0.25, 0.3) is 5.91 Å². The quantitative estimate of drug-likeness (QED) is 0.782. The molecule has 3 N–H and O–H groups in total. The number of ether oxygens (including phenoxy) is 1. The third-order valence-corrected chi connectivity index (χ3v) is 2.56.